The van der Waals surface area contributed by atoms with Gasteiger partial charge in [0.2, 0.25) is 0 Å². The Hall–Kier alpha value is -1.85. The number of carbonyl (C=O) groups is 1. The molecule has 3 aromatic rings. The minimum atomic E-state index is -0.991. The Labute approximate surface area is 111 Å². The van der Waals surface area contributed by atoms with Crippen molar-refractivity contribution >= 4 is 39.0 Å². The van der Waals surface area contributed by atoms with Crippen LogP contribution in [0, 0.1) is 0 Å². The van der Waals surface area contributed by atoms with E-state index < -0.39 is 5.97 Å². The van der Waals surface area contributed by atoms with E-state index in [9.17, 15) is 4.79 Å². The average molecular weight is 279 g/mol. The minimum Gasteiger partial charge on any atom is -0.478 e. The van der Waals surface area contributed by atoms with Gasteiger partial charge in [0.25, 0.3) is 0 Å². The van der Waals surface area contributed by atoms with Crippen molar-refractivity contribution in [3.8, 4) is 10.6 Å². The van der Waals surface area contributed by atoms with E-state index in [4.69, 9.17) is 16.7 Å². The Morgan fingerprint density at radius 2 is 2.22 bits per heavy atom. The number of nitrogens with zero attached hydrogens (tertiary/aromatic N) is 1. The van der Waals surface area contributed by atoms with Gasteiger partial charge >= 0.3 is 5.97 Å². The molecule has 0 aliphatic rings. The van der Waals surface area contributed by atoms with Crippen LogP contribution in [0.15, 0.2) is 30.5 Å². The van der Waals surface area contributed by atoms with E-state index >= 15 is 0 Å². The third-order valence-corrected chi connectivity index (χ3v) is 3.95. The summed E-state index contributed by atoms with van der Waals surface area (Å²) in [6.45, 7) is 0. The second-order valence-corrected chi connectivity index (χ2v) is 5.28. The van der Waals surface area contributed by atoms with E-state index in [0.29, 0.717) is 10.7 Å². The topological polar surface area (TPSA) is 66.0 Å². The van der Waals surface area contributed by atoms with Crippen LogP contribution in [0.25, 0.3) is 20.7 Å². The van der Waals surface area contributed by atoms with Crippen molar-refractivity contribution in [2.75, 3.05) is 0 Å². The molecule has 1 aromatic carbocycles. The molecule has 0 fully saturated rings. The first-order valence-corrected chi connectivity index (χ1v) is 6.31. The number of H-pyrrole nitrogens is 1. The van der Waals surface area contributed by atoms with Crippen LogP contribution in [0.3, 0.4) is 0 Å². The Kier molecular flexibility index (Phi) is 2.57. The average Bonchev–Trinajstić information content (AvgIpc) is 2.93. The van der Waals surface area contributed by atoms with Crippen LogP contribution in [-0.2, 0) is 0 Å². The van der Waals surface area contributed by atoms with Crippen molar-refractivity contribution in [1.82, 2.24) is 10.2 Å². The summed E-state index contributed by atoms with van der Waals surface area (Å²) in [6.07, 6.45) is 1.31. The molecule has 6 heteroatoms. The molecule has 2 heterocycles. The number of aromatic carboxylic acids is 1. The lowest BCUT2D eigenvalue weighted by molar-refractivity contribution is 0.0698. The number of fused-ring (bicyclic) bond motifs is 1. The minimum absolute atomic E-state index is 0.174. The van der Waals surface area contributed by atoms with Gasteiger partial charge in [0.05, 0.1) is 16.8 Å². The summed E-state index contributed by atoms with van der Waals surface area (Å²) >= 11 is 7.41. The quantitative estimate of drug-likeness (QED) is 0.752. The lowest BCUT2D eigenvalue weighted by Gasteiger charge is -1.93. The molecule has 3 rings (SSSR count). The summed E-state index contributed by atoms with van der Waals surface area (Å²) in [5.41, 5.74) is 0.701. The van der Waals surface area contributed by atoms with Crippen LogP contribution in [0.5, 0.6) is 0 Å². The summed E-state index contributed by atoms with van der Waals surface area (Å²) in [7, 11) is 0. The SMILES string of the molecule is O=C(O)c1cn[nH]c1-c1cc2ccc(Cl)cc2s1. The normalized spacial score (nSPS) is 10.9. The van der Waals surface area contributed by atoms with Crippen LogP contribution >= 0.6 is 22.9 Å². The number of aromatic nitrogens is 2. The molecule has 2 N–H and O–H groups in total. The molecule has 0 spiro atoms. The van der Waals surface area contributed by atoms with E-state index in [-0.39, 0.29) is 5.56 Å². The summed E-state index contributed by atoms with van der Waals surface area (Å²) in [5, 5.41) is 17.3. The van der Waals surface area contributed by atoms with Gasteiger partial charge in [-0.25, -0.2) is 4.79 Å². The number of hydrogen-bond donors (Lipinski definition) is 2. The van der Waals surface area contributed by atoms with Crippen LogP contribution < -0.4 is 0 Å². The van der Waals surface area contributed by atoms with Gasteiger partial charge in [0.1, 0.15) is 5.56 Å². The molecule has 90 valence electrons. The largest absolute Gasteiger partial charge is 0.478 e. The monoisotopic (exact) mass is 278 g/mol. The van der Waals surface area contributed by atoms with Crippen molar-refractivity contribution in [2.45, 2.75) is 0 Å². The molecule has 0 amide bonds. The first-order valence-electron chi connectivity index (χ1n) is 5.11. The third kappa shape index (κ3) is 1.77. The Bertz CT molecular complexity index is 747. The molecule has 0 unspecified atom stereocenters. The Balaban J connectivity index is 2.19. The highest BCUT2D eigenvalue weighted by Gasteiger charge is 2.16. The number of rotatable bonds is 2. The van der Waals surface area contributed by atoms with Gasteiger partial charge < -0.3 is 5.11 Å². The number of hydrogen-bond acceptors (Lipinski definition) is 3. The molecule has 0 radical (unpaired) electrons. The number of benzene rings is 1. The van der Waals surface area contributed by atoms with Gasteiger partial charge in [0, 0.05) is 9.72 Å². The molecule has 0 bridgehead atoms. The maximum absolute atomic E-state index is 11.0. The van der Waals surface area contributed by atoms with Crippen LogP contribution in [0.2, 0.25) is 5.02 Å². The van der Waals surface area contributed by atoms with Crippen molar-refractivity contribution < 1.29 is 9.90 Å². The summed E-state index contributed by atoms with van der Waals surface area (Å²) in [4.78, 5) is 11.9. The van der Waals surface area contributed by atoms with Crippen LogP contribution in [-0.4, -0.2) is 21.3 Å². The zero-order chi connectivity index (χ0) is 12.7. The number of carboxylic acid groups (broad SMARTS) is 1. The smallest absolute Gasteiger partial charge is 0.339 e. The van der Waals surface area contributed by atoms with Crippen LogP contribution in [0.1, 0.15) is 10.4 Å². The zero-order valence-electron chi connectivity index (χ0n) is 8.98. The highest BCUT2D eigenvalue weighted by molar-refractivity contribution is 7.22. The van der Waals surface area contributed by atoms with E-state index in [1.54, 1.807) is 0 Å². The number of thiophene rings is 1. The van der Waals surface area contributed by atoms with Gasteiger partial charge in [-0.15, -0.1) is 11.3 Å². The van der Waals surface area contributed by atoms with E-state index in [0.717, 1.165) is 15.0 Å². The molecule has 2 aromatic heterocycles. The first-order chi connectivity index (χ1) is 8.65. The predicted octanol–water partition coefficient (Wildman–Crippen LogP) is 3.64. The lowest BCUT2D eigenvalue weighted by atomic mass is 10.2. The molecular weight excluding hydrogens is 272 g/mol. The standard InChI is InChI=1S/C12H7ClN2O2S/c13-7-2-1-6-3-10(18-9(6)4-7)11-8(12(16)17)5-14-15-11/h1-5H,(H,14,15)(H,16,17). The van der Waals surface area contributed by atoms with Gasteiger partial charge in [-0.2, -0.15) is 5.10 Å². The fourth-order valence-corrected chi connectivity index (χ4v) is 3.11. The molecular formula is C12H7ClN2O2S. The number of halogens is 1. The fourth-order valence-electron chi connectivity index (χ4n) is 1.76. The Morgan fingerprint density at radius 3 is 3.00 bits per heavy atom. The highest BCUT2D eigenvalue weighted by atomic mass is 35.5. The molecule has 18 heavy (non-hydrogen) atoms. The summed E-state index contributed by atoms with van der Waals surface area (Å²) < 4.78 is 1.02. The second kappa shape index (κ2) is 4.12. The van der Waals surface area contributed by atoms with Gasteiger partial charge in [0.15, 0.2) is 0 Å². The van der Waals surface area contributed by atoms with E-state index in [1.807, 2.05) is 24.3 Å². The maximum atomic E-state index is 11.0. The summed E-state index contributed by atoms with van der Waals surface area (Å²) in [5.74, 6) is -0.991. The predicted molar refractivity (Wildman–Crippen MR) is 71.4 cm³/mol. The molecule has 4 nitrogen and oxygen atoms in total. The van der Waals surface area contributed by atoms with E-state index in [2.05, 4.69) is 10.2 Å². The maximum Gasteiger partial charge on any atom is 0.339 e. The van der Waals surface area contributed by atoms with Gasteiger partial charge in [-0.3, -0.25) is 5.10 Å². The van der Waals surface area contributed by atoms with Crippen molar-refractivity contribution in [1.29, 1.82) is 0 Å². The summed E-state index contributed by atoms with van der Waals surface area (Å²) in [6, 6.07) is 7.51. The molecule has 0 saturated carbocycles. The molecule has 0 atom stereocenters. The van der Waals surface area contributed by atoms with E-state index in [1.165, 1.54) is 17.5 Å². The van der Waals surface area contributed by atoms with Gasteiger partial charge in [-0.05, 0) is 23.6 Å². The van der Waals surface area contributed by atoms with Crippen molar-refractivity contribution in [3.05, 3.63) is 41.0 Å². The van der Waals surface area contributed by atoms with Crippen molar-refractivity contribution in [2.24, 2.45) is 0 Å². The van der Waals surface area contributed by atoms with Crippen LogP contribution in [0.4, 0.5) is 0 Å². The number of aromatic amines is 1. The lowest BCUT2D eigenvalue weighted by Crippen LogP contribution is -1.95. The molecule has 0 saturated heterocycles. The third-order valence-electron chi connectivity index (χ3n) is 2.60. The second-order valence-electron chi connectivity index (χ2n) is 3.76. The fraction of sp³-hybridized carbons (Fsp3) is 0. The zero-order valence-corrected chi connectivity index (χ0v) is 10.5. The van der Waals surface area contributed by atoms with Crippen molar-refractivity contribution in [3.63, 3.8) is 0 Å². The Morgan fingerprint density at radius 1 is 1.39 bits per heavy atom. The molecule has 0 aliphatic carbocycles. The first kappa shape index (κ1) is 11.3. The molecule has 0 aliphatic heterocycles. The number of carboxylic acids is 1. The highest BCUT2D eigenvalue weighted by Crippen LogP contribution is 2.35. The number of nitrogens with one attached hydrogen (secondary N) is 1. The van der Waals surface area contributed by atoms with Gasteiger partial charge in [-0.1, -0.05) is 17.7 Å².